The van der Waals surface area contributed by atoms with E-state index in [0.717, 1.165) is 19.4 Å². The summed E-state index contributed by atoms with van der Waals surface area (Å²) >= 11 is 0. The first kappa shape index (κ1) is 16.5. The highest BCUT2D eigenvalue weighted by atomic mass is 16.3. The van der Waals surface area contributed by atoms with E-state index in [4.69, 9.17) is 0 Å². The maximum absolute atomic E-state index is 9.68. The Bertz CT molecular complexity index is 443. The zero-order valence-electron chi connectivity index (χ0n) is 13.9. The van der Waals surface area contributed by atoms with E-state index >= 15 is 0 Å². The van der Waals surface area contributed by atoms with E-state index in [2.05, 4.69) is 44.3 Å². The topological polar surface area (TPSA) is 32.3 Å². The quantitative estimate of drug-likeness (QED) is 0.795. The lowest BCUT2D eigenvalue weighted by atomic mass is 9.83. The first-order chi connectivity index (χ1) is 10.1. The molecule has 1 aromatic carbocycles. The zero-order chi connectivity index (χ0) is 15.3. The molecule has 0 fully saturated rings. The molecule has 0 spiro atoms. The van der Waals surface area contributed by atoms with E-state index in [0.29, 0.717) is 6.04 Å². The summed E-state index contributed by atoms with van der Waals surface area (Å²) in [6.07, 6.45) is 7.19. The number of aliphatic hydroxyl groups excluding tert-OH is 1. The van der Waals surface area contributed by atoms with Crippen molar-refractivity contribution in [3.05, 3.63) is 34.9 Å². The molecule has 0 bridgehead atoms. The molecule has 1 aliphatic carbocycles. The van der Waals surface area contributed by atoms with Crippen LogP contribution in [0, 0.1) is 5.41 Å². The SMILES string of the molecule is CCC(CC)(CO)CNC(C)c1ccc2c(c1)CCCC2. The van der Waals surface area contributed by atoms with Gasteiger partial charge in [-0.05, 0) is 62.1 Å². The standard InChI is InChI=1S/C19H31NO/c1-4-19(5-2,14-21)13-20-15(3)17-11-10-16-8-6-7-9-18(16)12-17/h10-12,15,20-21H,4-9,13-14H2,1-3H3. The highest BCUT2D eigenvalue weighted by Gasteiger charge is 2.25. The first-order valence-corrected chi connectivity index (χ1v) is 8.60. The molecule has 118 valence electrons. The Morgan fingerprint density at radius 1 is 1.14 bits per heavy atom. The number of aliphatic hydroxyl groups is 1. The predicted molar refractivity (Wildman–Crippen MR) is 89.6 cm³/mol. The van der Waals surface area contributed by atoms with E-state index in [1.807, 2.05) is 0 Å². The maximum atomic E-state index is 9.68. The van der Waals surface area contributed by atoms with Crippen molar-refractivity contribution in [2.45, 2.75) is 65.3 Å². The number of benzene rings is 1. The van der Waals surface area contributed by atoms with Gasteiger partial charge in [0.2, 0.25) is 0 Å². The van der Waals surface area contributed by atoms with Crippen LogP contribution >= 0.6 is 0 Å². The van der Waals surface area contributed by atoms with Gasteiger partial charge < -0.3 is 10.4 Å². The fourth-order valence-corrected chi connectivity index (χ4v) is 3.29. The Balaban J connectivity index is 2.01. The Hall–Kier alpha value is -0.860. The van der Waals surface area contributed by atoms with Crippen molar-refractivity contribution in [1.29, 1.82) is 0 Å². The molecule has 21 heavy (non-hydrogen) atoms. The highest BCUT2D eigenvalue weighted by Crippen LogP contribution is 2.27. The second kappa shape index (κ2) is 7.42. The van der Waals surface area contributed by atoms with E-state index in [1.165, 1.54) is 31.2 Å². The second-order valence-electron chi connectivity index (χ2n) is 6.70. The molecule has 1 aliphatic rings. The van der Waals surface area contributed by atoms with E-state index in [9.17, 15) is 5.11 Å². The summed E-state index contributed by atoms with van der Waals surface area (Å²) in [6.45, 7) is 7.73. The van der Waals surface area contributed by atoms with Crippen LogP contribution in [0.2, 0.25) is 0 Å². The molecule has 1 unspecified atom stereocenters. The third-order valence-corrected chi connectivity index (χ3v) is 5.49. The van der Waals surface area contributed by atoms with Gasteiger partial charge in [-0.2, -0.15) is 0 Å². The van der Waals surface area contributed by atoms with Gasteiger partial charge in [0, 0.05) is 24.6 Å². The third kappa shape index (κ3) is 3.87. The molecule has 2 N–H and O–H groups in total. The first-order valence-electron chi connectivity index (χ1n) is 8.60. The van der Waals surface area contributed by atoms with Crippen LogP contribution in [0.4, 0.5) is 0 Å². The molecule has 0 aromatic heterocycles. The maximum Gasteiger partial charge on any atom is 0.0499 e. The molecule has 0 saturated heterocycles. The fourth-order valence-electron chi connectivity index (χ4n) is 3.29. The third-order valence-electron chi connectivity index (χ3n) is 5.49. The summed E-state index contributed by atoms with van der Waals surface area (Å²) in [5.74, 6) is 0. The van der Waals surface area contributed by atoms with Gasteiger partial charge in [0.15, 0.2) is 0 Å². The summed E-state index contributed by atoms with van der Waals surface area (Å²) in [6, 6.07) is 7.34. The summed E-state index contributed by atoms with van der Waals surface area (Å²) < 4.78 is 0. The largest absolute Gasteiger partial charge is 0.396 e. The van der Waals surface area contributed by atoms with Crippen LogP contribution in [-0.4, -0.2) is 18.3 Å². The Kier molecular flexibility index (Phi) is 5.83. The van der Waals surface area contributed by atoms with Gasteiger partial charge in [-0.1, -0.05) is 32.0 Å². The summed E-state index contributed by atoms with van der Waals surface area (Å²) in [4.78, 5) is 0. The number of fused-ring (bicyclic) bond motifs is 1. The van der Waals surface area contributed by atoms with Crippen molar-refractivity contribution in [3.8, 4) is 0 Å². The molecule has 1 atom stereocenters. The van der Waals surface area contributed by atoms with Crippen molar-refractivity contribution in [1.82, 2.24) is 5.32 Å². The van der Waals surface area contributed by atoms with Crippen LogP contribution in [0.3, 0.4) is 0 Å². The van der Waals surface area contributed by atoms with Crippen LogP contribution in [0.5, 0.6) is 0 Å². The second-order valence-corrected chi connectivity index (χ2v) is 6.70. The van der Waals surface area contributed by atoms with Crippen LogP contribution < -0.4 is 5.32 Å². The van der Waals surface area contributed by atoms with Crippen molar-refractivity contribution >= 4 is 0 Å². The van der Waals surface area contributed by atoms with Gasteiger partial charge >= 0.3 is 0 Å². The molecule has 0 heterocycles. The predicted octanol–water partition coefficient (Wildman–Crippen LogP) is 4.01. The van der Waals surface area contributed by atoms with Gasteiger partial charge in [0.25, 0.3) is 0 Å². The summed E-state index contributed by atoms with van der Waals surface area (Å²) in [5.41, 5.74) is 4.51. The van der Waals surface area contributed by atoms with Crippen molar-refractivity contribution < 1.29 is 5.11 Å². The van der Waals surface area contributed by atoms with Crippen LogP contribution in [0.25, 0.3) is 0 Å². The summed E-state index contributed by atoms with van der Waals surface area (Å²) in [7, 11) is 0. The smallest absolute Gasteiger partial charge is 0.0499 e. The van der Waals surface area contributed by atoms with Gasteiger partial charge in [-0.15, -0.1) is 0 Å². The number of aryl methyl sites for hydroxylation is 2. The Morgan fingerprint density at radius 2 is 1.81 bits per heavy atom. The molecule has 0 saturated carbocycles. The Labute approximate surface area is 130 Å². The molecule has 1 aromatic rings. The average molecular weight is 289 g/mol. The molecule has 0 radical (unpaired) electrons. The number of hydrogen-bond acceptors (Lipinski definition) is 2. The van der Waals surface area contributed by atoms with E-state index in [-0.39, 0.29) is 12.0 Å². The van der Waals surface area contributed by atoms with E-state index in [1.54, 1.807) is 11.1 Å². The number of nitrogens with one attached hydrogen (secondary N) is 1. The molecular formula is C19H31NO. The monoisotopic (exact) mass is 289 g/mol. The van der Waals surface area contributed by atoms with Gasteiger partial charge in [0.05, 0.1) is 0 Å². The molecule has 0 amide bonds. The van der Waals surface area contributed by atoms with Crippen molar-refractivity contribution in [3.63, 3.8) is 0 Å². The lowest BCUT2D eigenvalue weighted by Crippen LogP contribution is -2.37. The highest BCUT2D eigenvalue weighted by molar-refractivity contribution is 5.35. The van der Waals surface area contributed by atoms with Crippen LogP contribution in [0.15, 0.2) is 18.2 Å². The fraction of sp³-hybridized carbons (Fsp3) is 0.684. The van der Waals surface area contributed by atoms with Gasteiger partial charge in [-0.3, -0.25) is 0 Å². The normalized spacial score (nSPS) is 16.6. The minimum absolute atomic E-state index is 0.0302. The van der Waals surface area contributed by atoms with Crippen LogP contribution in [-0.2, 0) is 12.8 Å². The Morgan fingerprint density at radius 3 is 2.43 bits per heavy atom. The minimum atomic E-state index is 0.0302. The van der Waals surface area contributed by atoms with E-state index < -0.39 is 0 Å². The molecule has 2 nitrogen and oxygen atoms in total. The lowest BCUT2D eigenvalue weighted by molar-refractivity contribution is 0.110. The van der Waals surface area contributed by atoms with Crippen LogP contribution in [0.1, 0.15) is 69.2 Å². The van der Waals surface area contributed by atoms with Crippen molar-refractivity contribution in [2.75, 3.05) is 13.2 Å². The van der Waals surface area contributed by atoms with Gasteiger partial charge in [0.1, 0.15) is 0 Å². The minimum Gasteiger partial charge on any atom is -0.396 e. The average Bonchev–Trinajstić information content (AvgIpc) is 2.56. The molecule has 0 aliphatic heterocycles. The lowest BCUT2D eigenvalue weighted by Gasteiger charge is -2.31. The van der Waals surface area contributed by atoms with Gasteiger partial charge in [-0.25, -0.2) is 0 Å². The summed E-state index contributed by atoms with van der Waals surface area (Å²) in [5, 5.41) is 13.3. The molecular weight excluding hydrogens is 258 g/mol. The number of hydrogen-bond donors (Lipinski definition) is 2. The number of rotatable bonds is 7. The molecule has 2 rings (SSSR count). The zero-order valence-corrected chi connectivity index (χ0v) is 13.9. The van der Waals surface area contributed by atoms with Crippen molar-refractivity contribution in [2.24, 2.45) is 5.41 Å². The molecule has 2 heteroatoms.